The molecule has 2 aromatic heterocycles. The van der Waals surface area contributed by atoms with Crippen LogP contribution in [-0.4, -0.2) is 41.3 Å². The van der Waals surface area contributed by atoms with Crippen LogP contribution in [0.3, 0.4) is 0 Å². The van der Waals surface area contributed by atoms with Gasteiger partial charge in [-0.15, -0.1) is 0 Å². The molecule has 5 rings (SSSR count). The summed E-state index contributed by atoms with van der Waals surface area (Å²) in [5, 5.41) is 17.4. The fraction of sp³-hybridized carbons (Fsp3) is 0.148. The molecule has 0 amide bonds. The van der Waals surface area contributed by atoms with Gasteiger partial charge in [0.15, 0.2) is 5.82 Å². The first kappa shape index (κ1) is 24.3. The van der Waals surface area contributed by atoms with Crippen LogP contribution >= 0.6 is 11.6 Å². The number of nitrogens with zero attached hydrogens (tertiary/aromatic N) is 4. The summed E-state index contributed by atoms with van der Waals surface area (Å²) in [6.07, 6.45) is 4.12. The number of aromatic nitrogens is 4. The molecule has 0 saturated carbocycles. The summed E-state index contributed by atoms with van der Waals surface area (Å²) in [6.45, 7) is 0.513. The minimum atomic E-state index is -0.451. The lowest BCUT2D eigenvalue weighted by Crippen LogP contribution is -2.04. The molecule has 0 atom stereocenters. The van der Waals surface area contributed by atoms with Crippen LogP contribution in [0, 0.1) is 5.82 Å². The van der Waals surface area contributed by atoms with Crippen LogP contribution in [-0.2, 0) is 6.54 Å². The van der Waals surface area contributed by atoms with Gasteiger partial charge in [0.25, 0.3) is 0 Å². The molecule has 8 nitrogen and oxygen atoms in total. The number of halogens is 2. The van der Waals surface area contributed by atoms with Gasteiger partial charge in [0.05, 0.1) is 61.8 Å². The first-order valence-electron chi connectivity index (χ1n) is 11.3. The van der Waals surface area contributed by atoms with Crippen LogP contribution < -0.4 is 19.5 Å². The van der Waals surface area contributed by atoms with Crippen LogP contribution in [0.2, 0.25) is 5.02 Å². The number of methoxy groups -OCH3 is 3. The van der Waals surface area contributed by atoms with Crippen molar-refractivity contribution in [2.75, 3.05) is 26.6 Å². The minimum absolute atomic E-state index is 0.420. The summed E-state index contributed by atoms with van der Waals surface area (Å²) in [4.78, 5) is 0. The molecule has 0 saturated heterocycles. The van der Waals surface area contributed by atoms with E-state index in [1.807, 2.05) is 36.4 Å². The van der Waals surface area contributed by atoms with E-state index in [0.717, 1.165) is 45.5 Å². The van der Waals surface area contributed by atoms with Crippen molar-refractivity contribution in [3.8, 4) is 34.1 Å². The monoisotopic (exact) mass is 519 g/mol. The lowest BCUT2D eigenvalue weighted by Gasteiger charge is -2.15. The van der Waals surface area contributed by atoms with Gasteiger partial charge in [-0.2, -0.15) is 15.3 Å². The summed E-state index contributed by atoms with van der Waals surface area (Å²) >= 11 is 6.45. The van der Waals surface area contributed by atoms with Crippen LogP contribution in [0.5, 0.6) is 17.2 Å². The number of fused-ring (bicyclic) bond motifs is 1. The molecule has 10 heteroatoms. The number of anilines is 1. The second-order valence-corrected chi connectivity index (χ2v) is 8.54. The molecule has 0 bridgehead atoms. The number of rotatable bonds is 8. The Morgan fingerprint density at radius 2 is 1.78 bits per heavy atom. The molecule has 0 spiro atoms. The van der Waals surface area contributed by atoms with Crippen molar-refractivity contribution in [3.05, 3.63) is 83.5 Å². The molecule has 0 aliphatic heterocycles. The van der Waals surface area contributed by atoms with Gasteiger partial charge in [-0.05, 0) is 35.9 Å². The molecular formula is C27H23ClFN5O3. The number of hydrogen-bond acceptors (Lipinski definition) is 7. The van der Waals surface area contributed by atoms with Crippen molar-refractivity contribution in [1.82, 2.24) is 20.0 Å². The molecule has 0 aliphatic carbocycles. The Bertz CT molecular complexity index is 1590. The van der Waals surface area contributed by atoms with Crippen molar-refractivity contribution in [2.45, 2.75) is 6.54 Å². The predicted octanol–water partition coefficient (Wildman–Crippen LogP) is 5.91. The maximum atomic E-state index is 13.8. The van der Waals surface area contributed by atoms with Crippen molar-refractivity contribution in [1.29, 1.82) is 0 Å². The van der Waals surface area contributed by atoms with Gasteiger partial charge in [0.1, 0.15) is 17.2 Å². The van der Waals surface area contributed by atoms with Crippen molar-refractivity contribution in [3.63, 3.8) is 0 Å². The summed E-state index contributed by atoms with van der Waals surface area (Å²) in [7, 11) is 4.77. The Labute approximate surface area is 217 Å². The Morgan fingerprint density at radius 1 is 0.946 bits per heavy atom. The molecule has 3 aromatic carbocycles. The van der Waals surface area contributed by atoms with E-state index in [1.165, 1.54) is 18.0 Å². The fourth-order valence-corrected chi connectivity index (χ4v) is 4.35. The van der Waals surface area contributed by atoms with Gasteiger partial charge in [-0.3, -0.25) is 0 Å². The Balaban J connectivity index is 1.51. The highest BCUT2D eigenvalue weighted by Crippen LogP contribution is 2.37. The standard InChI is InChI=1S/C27H23ClFN5O3/c1-35-19-6-4-17(26(9-19)36-2)12-30-24-14-31-33-23-8-16(5-7-20(23)24)21-10-22(28)27(37-3)11-25(21)34-15-18(29)13-32-34/h4-11,13-15H,12H2,1-3H3,(H,30,33). The molecule has 0 radical (unpaired) electrons. The fourth-order valence-electron chi connectivity index (χ4n) is 4.11. The number of benzene rings is 3. The van der Waals surface area contributed by atoms with E-state index in [4.69, 9.17) is 25.8 Å². The molecule has 5 aromatic rings. The van der Waals surface area contributed by atoms with Gasteiger partial charge >= 0.3 is 0 Å². The molecular weight excluding hydrogens is 497 g/mol. The molecule has 1 N–H and O–H groups in total. The van der Waals surface area contributed by atoms with Gasteiger partial charge in [0.2, 0.25) is 0 Å². The SMILES string of the molecule is COc1ccc(CNc2cnnc3cc(-c4cc(Cl)c(OC)cc4-n4cc(F)cn4)ccc23)c(OC)c1. The van der Waals surface area contributed by atoms with Crippen LogP contribution in [0.15, 0.2) is 67.1 Å². The largest absolute Gasteiger partial charge is 0.497 e. The average Bonchev–Trinajstić information content (AvgIpc) is 3.37. The lowest BCUT2D eigenvalue weighted by atomic mass is 10.0. The van der Waals surface area contributed by atoms with Gasteiger partial charge < -0.3 is 19.5 Å². The van der Waals surface area contributed by atoms with Gasteiger partial charge in [-0.25, -0.2) is 9.07 Å². The molecule has 0 aliphatic rings. The Morgan fingerprint density at radius 3 is 2.51 bits per heavy atom. The van der Waals surface area contributed by atoms with Crippen LogP contribution in [0.25, 0.3) is 27.7 Å². The second-order valence-electron chi connectivity index (χ2n) is 8.13. The predicted molar refractivity (Wildman–Crippen MR) is 140 cm³/mol. The van der Waals surface area contributed by atoms with Crippen LogP contribution in [0.4, 0.5) is 10.1 Å². The van der Waals surface area contributed by atoms with E-state index in [-0.39, 0.29) is 0 Å². The highest BCUT2D eigenvalue weighted by molar-refractivity contribution is 6.32. The summed E-state index contributed by atoms with van der Waals surface area (Å²) < 4.78 is 31.4. The first-order valence-corrected chi connectivity index (χ1v) is 11.7. The van der Waals surface area contributed by atoms with E-state index in [1.54, 1.807) is 32.5 Å². The van der Waals surface area contributed by atoms with Crippen LogP contribution in [0.1, 0.15) is 5.56 Å². The number of hydrogen-bond donors (Lipinski definition) is 1. The molecule has 188 valence electrons. The van der Waals surface area contributed by atoms with E-state index in [9.17, 15) is 4.39 Å². The number of ether oxygens (including phenoxy) is 3. The normalized spacial score (nSPS) is 10.9. The topological polar surface area (TPSA) is 83.3 Å². The third-order valence-electron chi connectivity index (χ3n) is 5.98. The summed E-state index contributed by atoms with van der Waals surface area (Å²) in [5.74, 6) is 1.45. The van der Waals surface area contributed by atoms with E-state index in [2.05, 4.69) is 20.6 Å². The Kier molecular flexibility index (Phi) is 6.78. The van der Waals surface area contributed by atoms with Crippen molar-refractivity contribution >= 4 is 28.2 Å². The first-order chi connectivity index (χ1) is 18.0. The lowest BCUT2D eigenvalue weighted by molar-refractivity contribution is 0.391. The Hall–Kier alpha value is -4.37. The maximum Gasteiger partial charge on any atom is 0.161 e. The van der Waals surface area contributed by atoms with Gasteiger partial charge in [0, 0.05) is 35.2 Å². The van der Waals surface area contributed by atoms with E-state index < -0.39 is 5.82 Å². The molecule has 0 unspecified atom stereocenters. The highest BCUT2D eigenvalue weighted by atomic mass is 35.5. The summed E-state index contributed by atoms with van der Waals surface area (Å²) in [6, 6.07) is 15.0. The molecule has 2 heterocycles. The number of nitrogens with one attached hydrogen (secondary N) is 1. The highest BCUT2D eigenvalue weighted by Gasteiger charge is 2.16. The second kappa shape index (κ2) is 10.3. The zero-order valence-electron chi connectivity index (χ0n) is 20.3. The van der Waals surface area contributed by atoms with E-state index in [0.29, 0.717) is 28.5 Å². The summed E-state index contributed by atoms with van der Waals surface area (Å²) in [5.41, 5.74) is 4.61. The molecule has 0 fully saturated rings. The van der Waals surface area contributed by atoms with E-state index >= 15 is 0 Å². The zero-order valence-corrected chi connectivity index (χ0v) is 21.1. The third kappa shape index (κ3) is 4.85. The third-order valence-corrected chi connectivity index (χ3v) is 6.28. The minimum Gasteiger partial charge on any atom is -0.497 e. The average molecular weight is 520 g/mol. The molecule has 37 heavy (non-hydrogen) atoms. The maximum absolute atomic E-state index is 13.8. The quantitative estimate of drug-likeness (QED) is 0.273. The van der Waals surface area contributed by atoms with Gasteiger partial charge in [-0.1, -0.05) is 17.7 Å². The zero-order chi connectivity index (χ0) is 25.9. The smallest absolute Gasteiger partial charge is 0.161 e. The van der Waals surface area contributed by atoms with Crippen molar-refractivity contribution in [2.24, 2.45) is 0 Å². The van der Waals surface area contributed by atoms with Crippen molar-refractivity contribution < 1.29 is 18.6 Å².